The number of nitrogens with two attached hydrogens (primary N) is 1. The number of carbonyl (C=O) groups is 1. The number of anilines is 1. The molecule has 0 saturated heterocycles. The third-order valence-corrected chi connectivity index (χ3v) is 4.45. The molecular weight excluding hydrogens is 392 g/mol. The summed E-state index contributed by atoms with van der Waals surface area (Å²) in [5, 5.41) is 11.0. The number of amides is 1. The fourth-order valence-corrected chi connectivity index (χ4v) is 2.86. The molecule has 3 aromatic rings. The Hall–Kier alpha value is -3.04. The van der Waals surface area contributed by atoms with Gasteiger partial charge >= 0.3 is 0 Å². The minimum atomic E-state index is -0.0832. The lowest BCUT2D eigenvalue weighted by Crippen LogP contribution is -2.24. The second-order valence-electron chi connectivity index (χ2n) is 6.55. The summed E-state index contributed by atoms with van der Waals surface area (Å²) in [4.78, 5) is 24.5. The molecule has 152 valence electrons. The molecule has 1 amide bonds. The highest BCUT2D eigenvalue weighted by Crippen LogP contribution is 2.15. The Morgan fingerprint density at radius 1 is 1.28 bits per heavy atom. The van der Waals surface area contributed by atoms with E-state index >= 15 is 0 Å². The summed E-state index contributed by atoms with van der Waals surface area (Å²) in [6, 6.07) is 3.69. The molecule has 0 aliphatic heterocycles. The summed E-state index contributed by atoms with van der Waals surface area (Å²) in [5.41, 5.74) is 7.78. The molecule has 3 aromatic heterocycles. The minimum absolute atomic E-state index is 0.0571. The number of pyridine rings is 1. The largest absolute Gasteiger partial charge is 0.352 e. The van der Waals surface area contributed by atoms with E-state index < -0.39 is 0 Å². The molecule has 3 heterocycles. The van der Waals surface area contributed by atoms with E-state index in [0.717, 1.165) is 16.9 Å². The van der Waals surface area contributed by atoms with Crippen LogP contribution >= 0.6 is 11.6 Å². The zero-order chi connectivity index (χ0) is 20.6. The van der Waals surface area contributed by atoms with Gasteiger partial charge in [0, 0.05) is 49.9 Å². The predicted octanol–water partition coefficient (Wildman–Crippen LogP) is 1.72. The maximum Gasteiger partial charge on any atom is 0.222 e. The van der Waals surface area contributed by atoms with E-state index in [-0.39, 0.29) is 11.9 Å². The number of aromatic nitrogens is 5. The van der Waals surface area contributed by atoms with Gasteiger partial charge in [0.05, 0.1) is 29.3 Å². The lowest BCUT2D eigenvalue weighted by Gasteiger charge is -2.14. The van der Waals surface area contributed by atoms with E-state index in [1.54, 1.807) is 35.5 Å². The van der Waals surface area contributed by atoms with E-state index in [9.17, 15) is 4.79 Å². The monoisotopic (exact) mass is 414 g/mol. The fourth-order valence-electron chi connectivity index (χ4n) is 2.66. The third kappa shape index (κ3) is 5.97. The van der Waals surface area contributed by atoms with Gasteiger partial charge in [-0.1, -0.05) is 11.6 Å². The standard InChI is InChI=1S/C19H23ClN8O/c1-13(7-17-16(20)3-2-6-22-17)27-19-24-10-15(11-25-19)28-12-14(9-26-28)8-23-18(29)4-5-21/h2-3,6,9-13H,4-5,7-8,21H2,1H3,(H,23,29)(H,24,25,27). The van der Waals surface area contributed by atoms with Gasteiger partial charge in [0.1, 0.15) is 5.69 Å². The van der Waals surface area contributed by atoms with Crippen molar-refractivity contribution in [3.8, 4) is 5.69 Å². The molecule has 29 heavy (non-hydrogen) atoms. The molecule has 1 unspecified atom stereocenters. The number of halogens is 1. The second kappa shape index (κ2) is 9.94. The number of rotatable bonds is 9. The van der Waals surface area contributed by atoms with Gasteiger partial charge in [0.15, 0.2) is 0 Å². The Morgan fingerprint density at radius 3 is 2.79 bits per heavy atom. The van der Waals surface area contributed by atoms with E-state index in [1.807, 2.05) is 19.2 Å². The lowest BCUT2D eigenvalue weighted by atomic mass is 10.1. The van der Waals surface area contributed by atoms with E-state index in [4.69, 9.17) is 17.3 Å². The third-order valence-electron chi connectivity index (χ3n) is 4.11. The Kier molecular flexibility index (Phi) is 7.09. The van der Waals surface area contributed by atoms with Gasteiger partial charge < -0.3 is 16.4 Å². The molecule has 3 rings (SSSR count). The Balaban J connectivity index is 1.56. The quantitative estimate of drug-likeness (QED) is 0.487. The van der Waals surface area contributed by atoms with Crippen molar-refractivity contribution in [2.75, 3.05) is 11.9 Å². The molecule has 0 bridgehead atoms. The van der Waals surface area contributed by atoms with E-state index in [0.29, 0.717) is 36.9 Å². The summed E-state index contributed by atoms with van der Waals surface area (Å²) < 4.78 is 1.66. The molecule has 9 nitrogen and oxygen atoms in total. The van der Waals surface area contributed by atoms with Gasteiger partial charge in [0.2, 0.25) is 11.9 Å². The summed E-state index contributed by atoms with van der Waals surface area (Å²) in [6.07, 6.45) is 9.55. The SMILES string of the molecule is CC(Cc1ncccc1Cl)Nc1ncc(-n2cc(CNC(=O)CCN)cn2)cn1. The van der Waals surface area contributed by atoms with Crippen molar-refractivity contribution >= 4 is 23.5 Å². The van der Waals surface area contributed by atoms with Gasteiger partial charge in [-0.2, -0.15) is 5.10 Å². The molecule has 10 heteroatoms. The maximum atomic E-state index is 11.5. The summed E-state index contributed by atoms with van der Waals surface area (Å²) in [5.74, 6) is 0.426. The normalized spacial score (nSPS) is 11.8. The zero-order valence-electron chi connectivity index (χ0n) is 16.0. The molecule has 0 saturated carbocycles. The van der Waals surface area contributed by atoms with E-state index in [1.165, 1.54) is 0 Å². The highest BCUT2D eigenvalue weighted by atomic mass is 35.5. The van der Waals surface area contributed by atoms with Crippen LogP contribution in [0.1, 0.15) is 24.6 Å². The van der Waals surface area contributed by atoms with Crippen molar-refractivity contribution in [2.24, 2.45) is 5.73 Å². The summed E-state index contributed by atoms with van der Waals surface area (Å²) in [6.45, 7) is 2.74. The number of hydrogen-bond acceptors (Lipinski definition) is 7. The van der Waals surface area contributed by atoms with Crippen LogP contribution in [0.2, 0.25) is 5.02 Å². The molecule has 0 aliphatic rings. The van der Waals surface area contributed by atoms with Gasteiger partial charge in [-0.15, -0.1) is 0 Å². The van der Waals surface area contributed by atoms with Gasteiger partial charge in [-0.05, 0) is 19.1 Å². The molecular formula is C19H23ClN8O. The van der Waals surface area contributed by atoms with Crippen LogP contribution in [0, 0.1) is 0 Å². The van der Waals surface area contributed by atoms with Gasteiger partial charge in [-0.25, -0.2) is 14.6 Å². The second-order valence-corrected chi connectivity index (χ2v) is 6.96. The first-order valence-corrected chi connectivity index (χ1v) is 9.61. The Bertz CT molecular complexity index is 943. The first-order chi connectivity index (χ1) is 14.0. The number of carbonyl (C=O) groups excluding carboxylic acids is 1. The fraction of sp³-hybridized carbons (Fsp3) is 0.316. The summed E-state index contributed by atoms with van der Waals surface area (Å²) in [7, 11) is 0. The number of hydrogen-bond donors (Lipinski definition) is 3. The average Bonchev–Trinajstić information content (AvgIpc) is 3.18. The van der Waals surface area contributed by atoms with Gasteiger partial charge in [0.25, 0.3) is 0 Å². The topological polar surface area (TPSA) is 124 Å². The van der Waals surface area contributed by atoms with Crippen LogP contribution in [0.15, 0.2) is 43.1 Å². The van der Waals surface area contributed by atoms with Crippen LogP contribution in [0.4, 0.5) is 5.95 Å². The van der Waals surface area contributed by atoms with Crippen molar-refractivity contribution in [3.05, 3.63) is 59.4 Å². The van der Waals surface area contributed by atoms with Crippen molar-refractivity contribution in [3.63, 3.8) is 0 Å². The first-order valence-electron chi connectivity index (χ1n) is 9.24. The van der Waals surface area contributed by atoms with Crippen molar-refractivity contribution in [1.29, 1.82) is 0 Å². The molecule has 0 aliphatic carbocycles. The minimum Gasteiger partial charge on any atom is -0.352 e. The van der Waals surface area contributed by atoms with Gasteiger partial charge in [-0.3, -0.25) is 9.78 Å². The van der Waals surface area contributed by atoms with Crippen molar-refractivity contribution in [1.82, 2.24) is 30.0 Å². The molecule has 1 atom stereocenters. The number of nitrogens with one attached hydrogen (secondary N) is 2. The van der Waals surface area contributed by atoms with Crippen LogP contribution in [0.25, 0.3) is 5.69 Å². The molecule has 0 spiro atoms. The smallest absolute Gasteiger partial charge is 0.222 e. The molecule has 4 N–H and O–H groups in total. The zero-order valence-corrected chi connectivity index (χ0v) is 16.8. The summed E-state index contributed by atoms with van der Waals surface area (Å²) >= 11 is 6.16. The van der Waals surface area contributed by atoms with Crippen LogP contribution < -0.4 is 16.4 Å². The van der Waals surface area contributed by atoms with E-state index in [2.05, 4.69) is 30.7 Å². The molecule has 0 radical (unpaired) electrons. The maximum absolute atomic E-state index is 11.5. The highest BCUT2D eigenvalue weighted by molar-refractivity contribution is 6.31. The lowest BCUT2D eigenvalue weighted by molar-refractivity contribution is -0.121. The predicted molar refractivity (Wildman–Crippen MR) is 111 cm³/mol. The van der Waals surface area contributed by atoms with Crippen LogP contribution in [-0.4, -0.2) is 43.2 Å². The molecule has 0 fully saturated rings. The average molecular weight is 415 g/mol. The highest BCUT2D eigenvalue weighted by Gasteiger charge is 2.10. The molecule has 0 aromatic carbocycles. The van der Waals surface area contributed by atoms with Crippen LogP contribution in [0.3, 0.4) is 0 Å². The Morgan fingerprint density at radius 2 is 2.07 bits per heavy atom. The number of nitrogens with zero attached hydrogens (tertiary/aromatic N) is 5. The van der Waals surface area contributed by atoms with Crippen molar-refractivity contribution in [2.45, 2.75) is 32.4 Å². The Labute approximate surface area is 173 Å². The van der Waals surface area contributed by atoms with Crippen molar-refractivity contribution < 1.29 is 4.79 Å². The first kappa shape index (κ1) is 20.7. The van der Waals surface area contributed by atoms with Crippen LogP contribution in [-0.2, 0) is 17.8 Å². The van der Waals surface area contributed by atoms with Crippen LogP contribution in [0.5, 0.6) is 0 Å².